The molecule has 0 unspecified atom stereocenters. The van der Waals surface area contributed by atoms with E-state index in [9.17, 15) is 0 Å². The summed E-state index contributed by atoms with van der Waals surface area (Å²) in [5.74, 6) is 1.52. The second-order valence-electron chi connectivity index (χ2n) is 5.97. The van der Waals surface area contributed by atoms with Gasteiger partial charge in [-0.15, -0.1) is 0 Å². The first-order valence-corrected chi connectivity index (χ1v) is 8.97. The molecule has 0 saturated carbocycles. The van der Waals surface area contributed by atoms with E-state index < -0.39 is 0 Å². The Balaban J connectivity index is 2.06. The van der Waals surface area contributed by atoms with Crippen LogP contribution >= 0.6 is 0 Å². The summed E-state index contributed by atoms with van der Waals surface area (Å²) >= 11 is 0. The van der Waals surface area contributed by atoms with Crippen molar-refractivity contribution in [2.24, 2.45) is 0 Å². The van der Waals surface area contributed by atoms with E-state index in [0.29, 0.717) is 0 Å². The highest BCUT2D eigenvalue weighted by Crippen LogP contribution is 2.32. The van der Waals surface area contributed by atoms with Crippen LogP contribution in [0, 0.1) is 0 Å². The molecule has 0 aromatic heterocycles. The monoisotopic (exact) mass is 342 g/mol. The molecule has 0 fully saturated rings. The van der Waals surface area contributed by atoms with E-state index in [4.69, 9.17) is 9.47 Å². The average Bonchev–Trinajstić information content (AvgIpc) is 2.67. The zero-order valence-electron chi connectivity index (χ0n) is 15.8. The minimum Gasteiger partial charge on any atom is -0.493 e. The summed E-state index contributed by atoms with van der Waals surface area (Å²) < 4.78 is 10.8. The molecule has 0 aliphatic rings. The molecule has 2 rings (SSSR count). The molecule has 2 aromatic rings. The zero-order valence-corrected chi connectivity index (χ0v) is 15.8. The number of nitrogens with one attached hydrogen (secondary N) is 1. The van der Waals surface area contributed by atoms with Crippen molar-refractivity contribution < 1.29 is 9.47 Å². The van der Waals surface area contributed by atoms with E-state index >= 15 is 0 Å². The summed E-state index contributed by atoms with van der Waals surface area (Å²) in [6.07, 6.45) is 1.07. The highest BCUT2D eigenvalue weighted by Gasteiger charge is 2.10. The topological polar surface area (TPSA) is 33.7 Å². The first-order chi connectivity index (χ1) is 12.2. The van der Waals surface area contributed by atoms with Gasteiger partial charge in [0.1, 0.15) is 0 Å². The number of anilines is 1. The van der Waals surface area contributed by atoms with Gasteiger partial charge in [0.05, 0.1) is 14.2 Å². The number of rotatable bonds is 10. The van der Waals surface area contributed by atoms with Crippen LogP contribution in [0.25, 0.3) is 0 Å². The minimum atomic E-state index is 0.757. The van der Waals surface area contributed by atoms with Crippen molar-refractivity contribution in [3.63, 3.8) is 0 Å². The van der Waals surface area contributed by atoms with Crippen LogP contribution in [0.5, 0.6) is 11.5 Å². The van der Waals surface area contributed by atoms with Gasteiger partial charge in [-0.2, -0.15) is 0 Å². The molecule has 4 heteroatoms. The van der Waals surface area contributed by atoms with E-state index in [1.165, 1.54) is 11.1 Å². The van der Waals surface area contributed by atoms with E-state index in [1.54, 1.807) is 14.2 Å². The van der Waals surface area contributed by atoms with E-state index in [0.717, 1.165) is 49.8 Å². The molecule has 1 N–H and O–H groups in total. The van der Waals surface area contributed by atoms with Gasteiger partial charge >= 0.3 is 0 Å². The van der Waals surface area contributed by atoms with E-state index in [-0.39, 0.29) is 0 Å². The lowest BCUT2D eigenvalue weighted by atomic mass is 10.1. The fourth-order valence-corrected chi connectivity index (χ4v) is 2.85. The standard InChI is InChI=1S/C21H30N2O2/c1-5-22-14-13-17-7-9-18(10-8-17)16-23(6-2)19-11-12-20(24-3)21(15-19)25-4/h7-12,15,22H,5-6,13-14,16H2,1-4H3. The molecule has 0 aliphatic carbocycles. The summed E-state index contributed by atoms with van der Waals surface area (Å²) in [7, 11) is 3.33. The van der Waals surface area contributed by atoms with Crippen molar-refractivity contribution >= 4 is 5.69 Å². The van der Waals surface area contributed by atoms with Gasteiger partial charge in [-0.3, -0.25) is 0 Å². The smallest absolute Gasteiger partial charge is 0.162 e. The lowest BCUT2D eigenvalue weighted by Crippen LogP contribution is -2.22. The Morgan fingerprint density at radius 3 is 2.16 bits per heavy atom. The van der Waals surface area contributed by atoms with Crippen molar-refractivity contribution in [3.05, 3.63) is 53.6 Å². The lowest BCUT2D eigenvalue weighted by Gasteiger charge is -2.24. The van der Waals surface area contributed by atoms with Crippen LogP contribution in [-0.2, 0) is 13.0 Å². The van der Waals surface area contributed by atoms with E-state index in [2.05, 4.69) is 54.4 Å². The molecule has 0 atom stereocenters. The SMILES string of the molecule is CCNCCc1ccc(CN(CC)c2ccc(OC)c(OC)c2)cc1. The van der Waals surface area contributed by atoms with Gasteiger partial charge in [-0.1, -0.05) is 31.2 Å². The number of hydrogen-bond acceptors (Lipinski definition) is 4. The van der Waals surface area contributed by atoms with E-state index in [1.807, 2.05) is 12.1 Å². The fourth-order valence-electron chi connectivity index (χ4n) is 2.85. The zero-order chi connectivity index (χ0) is 18.1. The third-order valence-electron chi connectivity index (χ3n) is 4.35. The first kappa shape index (κ1) is 19.1. The van der Waals surface area contributed by atoms with Crippen LogP contribution in [0.2, 0.25) is 0 Å². The van der Waals surface area contributed by atoms with Crippen molar-refractivity contribution in [2.45, 2.75) is 26.8 Å². The predicted molar refractivity (Wildman–Crippen MR) is 105 cm³/mol. The molecule has 25 heavy (non-hydrogen) atoms. The molecular formula is C21H30N2O2. The van der Waals surface area contributed by atoms with Crippen LogP contribution in [0.15, 0.2) is 42.5 Å². The first-order valence-electron chi connectivity index (χ1n) is 8.97. The third-order valence-corrected chi connectivity index (χ3v) is 4.35. The van der Waals surface area contributed by atoms with Gasteiger partial charge in [-0.25, -0.2) is 0 Å². The molecule has 0 heterocycles. The number of ether oxygens (including phenoxy) is 2. The number of hydrogen-bond donors (Lipinski definition) is 1. The molecule has 0 bridgehead atoms. The number of benzene rings is 2. The summed E-state index contributed by atoms with van der Waals surface area (Å²) in [6.45, 7) is 8.16. The summed E-state index contributed by atoms with van der Waals surface area (Å²) in [6, 6.07) is 15.0. The maximum atomic E-state index is 5.43. The molecule has 0 spiro atoms. The van der Waals surface area contributed by atoms with Gasteiger partial charge in [0.15, 0.2) is 11.5 Å². The number of nitrogens with zero attached hydrogens (tertiary/aromatic N) is 1. The van der Waals surface area contributed by atoms with Crippen molar-refractivity contribution in [1.82, 2.24) is 5.32 Å². The van der Waals surface area contributed by atoms with Crippen molar-refractivity contribution in [2.75, 3.05) is 38.8 Å². The minimum absolute atomic E-state index is 0.757. The molecule has 4 nitrogen and oxygen atoms in total. The van der Waals surface area contributed by atoms with Gasteiger partial charge in [0.25, 0.3) is 0 Å². The average molecular weight is 342 g/mol. The Hall–Kier alpha value is -2.20. The number of methoxy groups -OCH3 is 2. The molecule has 0 aliphatic heterocycles. The second-order valence-corrected chi connectivity index (χ2v) is 5.97. The largest absolute Gasteiger partial charge is 0.493 e. The predicted octanol–water partition coefficient (Wildman–Crippen LogP) is 3.88. The maximum Gasteiger partial charge on any atom is 0.162 e. The highest BCUT2D eigenvalue weighted by atomic mass is 16.5. The molecule has 0 radical (unpaired) electrons. The Morgan fingerprint density at radius 1 is 0.880 bits per heavy atom. The Labute approximate surface area is 151 Å². The summed E-state index contributed by atoms with van der Waals surface area (Å²) in [5.41, 5.74) is 3.82. The van der Waals surface area contributed by atoms with Crippen molar-refractivity contribution in [1.29, 1.82) is 0 Å². The summed E-state index contributed by atoms with van der Waals surface area (Å²) in [4.78, 5) is 2.33. The molecule has 2 aromatic carbocycles. The Morgan fingerprint density at radius 2 is 1.56 bits per heavy atom. The van der Waals surface area contributed by atoms with Gasteiger partial charge in [-0.05, 0) is 49.7 Å². The van der Waals surface area contributed by atoms with Crippen LogP contribution < -0.4 is 19.7 Å². The summed E-state index contributed by atoms with van der Waals surface area (Å²) in [5, 5.41) is 3.36. The normalized spacial score (nSPS) is 10.6. The number of likely N-dealkylation sites (N-methyl/N-ethyl adjacent to an activating group) is 1. The fraction of sp³-hybridized carbons (Fsp3) is 0.429. The Kier molecular flexibility index (Phi) is 7.61. The van der Waals surface area contributed by atoms with Crippen molar-refractivity contribution in [3.8, 4) is 11.5 Å². The van der Waals surface area contributed by atoms with Crippen LogP contribution in [0.3, 0.4) is 0 Å². The quantitative estimate of drug-likeness (QED) is 0.664. The van der Waals surface area contributed by atoms with Crippen LogP contribution in [0.1, 0.15) is 25.0 Å². The van der Waals surface area contributed by atoms with Crippen LogP contribution in [0.4, 0.5) is 5.69 Å². The van der Waals surface area contributed by atoms with Gasteiger partial charge in [0.2, 0.25) is 0 Å². The maximum absolute atomic E-state index is 5.43. The van der Waals surface area contributed by atoms with Gasteiger partial charge < -0.3 is 19.7 Å². The van der Waals surface area contributed by atoms with Crippen LogP contribution in [-0.4, -0.2) is 33.9 Å². The Bertz CT molecular complexity index is 641. The highest BCUT2D eigenvalue weighted by molar-refractivity contribution is 5.56. The van der Waals surface area contributed by atoms with Gasteiger partial charge in [0, 0.05) is 24.8 Å². The third kappa shape index (κ3) is 5.40. The molecule has 136 valence electrons. The second kappa shape index (κ2) is 9.94. The lowest BCUT2D eigenvalue weighted by molar-refractivity contribution is 0.355. The molecular weight excluding hydrogens is 312 g/mol. The molecule has 0 saturated heterocycles. The molecule has 0 amide bonds.